The van der Waals surface area contributed by atoms with E-state index in [1.807, 2.05) is 73.7 Å². The van der Waals surface area contributed by atoms with Gasteiger partial charge in [0, 0.05) is 5.02 Å². The number of thioether (sulfide) groups is 1. The third kappa shape index (κ3) is 7.66. The number of amides is 1. The van der Waals surface area contributed by atoms with Gasteiger partial charge in [0.1, 0.15) is 13.2 Å². The summed E-state index contributed by atoms with van der Waals surface area (Å²) in [4.78, 5) is 17.6. The molecule has 7 nitrogen and oxygen atoms in total. The zero-order chi connectivity index (χ0) is 29.3. The third-order valence-corrected chi connectivity index (χ3v) is 7.29. The number of carbonyl (C=O) groups is 1. The number of hydrogen-bond acceptors (Lipinski definition) is 7. The Balaban J connectivity index is 1.25. The van der Waals surface area contributed by atoms with Crippen molar-refractivity contribution in [3.8, 4) is 23.0 Å². The molecule has 214 valence electrons. The summed E-state index contributed by atoms with van der Waals surface area (Å²) in [5.74, 6) is 2.25. The number of ether oxygens (including phenoxy) is 4. The van der Waals surface area contributed by atoms with Crippen LogP contribution in [0.25, 0.3) is 6.08 Å². The largest absolute Gasteiger partial charge is 0.493 e. The predicted molar refractivity (Wildman–Crippen MR) is 168 cm³/mol. The lowest BCUT2D eigenvalue weighted by Crippen LogP contribution is -2.19. The van der Waals surface area contributed by atoms with Crippen molar-refractivity contribution in [2.45, 2.75) is 20.1 Å². The molecule has 1 amide bonds. The number of halogens is 1. The Morgan fingerprint density at radius 2 is 1.52 bits per heavy atom. The number of hydrogen-bond donors (Lipinski definition) is 1. The number of amidine groups is 1. The average molecular weight is 601 g/mol. The molecule has 0 atom stereocenters. The van der Waals surface area contributed by atoms with Crippen LogP contribution in [0.4, 0.5) is 5.69 Å². The van der Waals surface area contributed by atoms with E-state index >= 15 is 0 Å². The van der Waals surface area contributed by atoms with Crippen molar-refractivity contribution >= 4 is 46.2 Å². The molecule has 0 saturated carbocycles. The number of nitrogens with one attached hydrogen (secondary N) is 1. The fraction of sp³-hybridized carbons (Fsp3) is 0.152. The zero-order valence-electron chi connectivity index (χ0n) is 23.1. The van der Waals surface area contributed by atoms with Crippen LogP contribution < -0.4 is 24.3 Å². The van der Waals surface area contributed by atoms with Crippen LogP contribution in [0.3, 0.4) is 0 Å². The van der Waals surface area contributed by atoms with E-state index in [4.69, 9.17) is 30.5 Å². The zero-order valence-corrected chi connectivity index (χ0v) is 24.7. The predicted octanol–water partition coefficient (Wildman–Crippen LogP) is 7.80. The molecule has 0 unspecified atom stereocenters. The highest BCUT2D eigenvalue weighted by Crippen LogP contribution is 2.34. The summed E-state index contributed by atoms with van der Waals surface area (Å²) in [5, 5.41) is 3.94. The standard InChI is InChI=1S/C33H29ClN2O5S/c1-3-39-30-17-23(19-31-32(37)36-33(42-31)35-26-13-11-25(34)12-14-26)9-15-28(30)41-21-24-10-16-27(29(18-24)38-2)40-20-22-7-5-4-6-8-22/h4-19H,3,20-21H2,1-2H3,(H,35,36,37)/b31-19+. The van der Waals surface area contributed by atoms with Gasteiger partial charge in [0.05, 0.1) is 24.3 Å². The number of benzene rings is 4. The average Bonchev–Trinajstić information content (AvgIpc) is 3.35. The van der Waals surface area contributed by atoms with Crippen molar-refractivity contribution in [1.29, 1.82) is 0 Å². The van der Waals surface area contributed by atoms with Crippen LogP contribution in [0.1, 0.15) is 23.6 Å². The van der Waals surface area contributed by atoms with Crippen LogP contribution in [0, 0.1) is 0 Å². The van der Waals surface area contributed by atoms with Gasteiger partial charge in [-0.15, -0.1) is 0 Å². The van der Waals surface area contributed by atoms with Gasteiger partial charge in [-0.25, -0.2) is 4.99 Å². The fourth-order valence-corrected chi connectivity index (χ4v) is 5.05. The van der Waals surface area contributed by atoms with E-state index in [2.05, 4.69) is 10.3 Å². The SMILES string of the molecule is CCOc1cc(/C=C2/SC(=Nc3ccc(Cl)cc3)NC2=O)ccc1OCc1ccc(OCc2ccccc2)c(OC)c1. The first-order valence-corrected chi connectivity index (χ1v) is 14.5. The monoisotopic (exact) mass is 600 g/mol. The van der Waals surface area contributed by atoms with Gasteiger partial charge in [0.25, 0.3) is 5.91 Å². The molecule has 0 aliphatic carbocycles. The summed E-state index contributed by atoms with van der Waals surface area (Å²) in [6.07, 6.45) is 1.80. The van der Waals surface area contributed by atoms with Gasteiger partial charge < -0.3 is 24.3 Å². The Labute approximate surface area is 254 Å². The maximum atomic E-state index is 12.6. The van der Waals surface area contributed by atoms with E-state index in [1.165, 1.54) is 11.8 Å². The molecule has 1 heterocycles. The highest BCUT2D eigenvalue weighted by atomic mass is 35.5. The molecule has 1 fully saturated rings. The van der Waals surface area contributed by atoms with Gasteiger partial charge in [-0.3, -0.25) is 4.79 Å². The van der Waals surface area contributed by atoms with Crippen molar-refractivity contribution in [2.24, 2.45) is 4.99 Å². The fourth-order valence-electron chi connectivity index (χ4n) is 4.08. The van der Waals surface area contributed by atoms with Gasteiger partial charge in [0.15, 0.2) is 28.2 Å². The lowest BCUT2D eigenvalue weighted by molar-refractivity contribution is -0.115. The first kappa shape index (κ1) is 29.1. The Bertz CT molecular complexity index is 1610. The summed E-state index contributed by atoms with van der Waals surface area (Å²) < 4.78 is 23.5. The van der Waals surface area contributed by atoms with E-state index in [-0.39, 0.29) is 5.91 Å². The van der Waals surface area contributed by atoms with Crippen LogP contribution in [-0.4, -0.2) is 24.8 Å². The van der Waals surface area contributed by atoms with Crippen molar-refractivity contribution in [3.63, 3.8) is 0 Å². The number of rotatable bonds is 11. The minimum absolute atomic E-state index is 0.212. The van der Waals surface area contributed by atoms with Crippen LogP contribution in [0.5, 0.6) is 23.0 Å². The van der Waals surface area contributed by atoms with Crippen molar-refractivity contribution < 1.29 is 23.7 Å². The molecule has 42 heavy (non-hydrogen) atoms. The molecule has 0 aromatic heterocycles. The second-order valence-corrected chi connectivity index (χ2v) is 10.6. The molecule has 1 aliphatic rings. The van der Waals surface area contributed by atoms with Crippen LogP contribution in [-0.2, 0) is 18.0 Å². The molecule has 4 aromatic rings. The van der Waals surface area contributed by atoms with E-state index in [0.29, 0.717) is 63.6 Å². The lowest BCUT2D eigenvalue weighted by Gasteiger charge is -2.15. The van der Waals surface area contributed by atoms with Crippen molar-refractivity contribution in [2.75, 3.05) is 13.7 Å². The highest BCUT2D eigenvalue weighted by Gasteiger charge is 2.24. The highest BCUT2D eigenvalue weighted by molar-refractivity contribution is 8.18. The minimum Gasteiger partial charge on any atom is -0.493 e. The molecule has 1 aliphatic heterocycles. The topological polar surface area (TPSA) is 78.4 Å². The Kier molecular flexibility index (Phi) is 9.69. The maximum Gasteiger partial charge on any atom is 0.264 e. The third-order valence-electron chi connectivity index (χ3n) is 6.13. The van der Waals surface area contributed by atoms with E-state index in [9.17, 15) is 4.79 Å². The number of aliphatic imine (C=N–C) groups is 1. The quantitative estimate of drug-likeness (QED) is 0.177. The summed E-state index contributed by atoms with van der Waals surface area (Å²) in [6, 6.07) is 28.4. The Hall–Kier alpha value is -4.40. The lowest BCUT2D eigenvalue weighted by atomic mass is 10.1. The van der Waals surface area contributed by atoms with Gasteiger partial charge >= 0.3 is 0 Å². The summed E-state index contributed by atoms with van der Waals surface area (Å²) >= 11 is 7.22. The van der Waals surface area contributed by atoms with Crippen molar-refractivity contribution in [1.82, 2.24) is 5.32 Å². The van der Waals surface area contributed by atoms with Gasteiger partial charge in [-0.2, -0.15) is 0 Å². The van der Waals surface area contributed by atoms with E-state index < -0.39 is 0 Å². The maximum absolute atomic E-state index is 12.6. The molecule has 5 rings (SSSR count). The molecule has 4 aromatic carbocycles. The summed E-state index contributed by atoms with van der Waals surface area (Å²) in [7, 11) is 1.62. The van der Waals surface area contributed by atoms with E-state index in [1.54, 1.807) is 37.5 Å². The molecular formula is C33H29ClN2O5S. The number of carbonyl (C=O) groups excluding carboxylic acids is 1. The second kappa shape index (κ2) is 14.0. The molecular weight excluding hydrogens is 572 g/mol. The van der Waals surface area contributed by atoms with E-state index in [0.717, 1.165) is 16.7 Å². The Morgan fingerprint density at radius 1 is 0.810 bits per heavy atom. The molecule has 1 N–H and O–H groups in total. The summed E-state index contributed by atoms with van der Waals surface area (Å²) in [6.45, 7) is 3.13. The Morgan fingerprint density at radius 3 is 2.26 bits per heavy atom. The number of nitrogens with zero attached hydrogens (tertiary/aromatic N) is 1. The smallest absolute Gasteiger partial charge is 0.264 e. The minimum atomic E-state index is -0.212. The normalized spacial score (nSPS) is 14.6. The molecule has 9 heteroatoms. The number of methoxy groups -OCH3 is 1. The second-order valence-electron chi connectivity index (χ2n) is 9.15. The first-order chi connectivity index (χ1) is 20.5. The van der Waals surface area contributed by atoms with Gasteiger partial charge in [0.2, 0.25) is 0 Å². The molecule has 0 bridgehead atoms. The summed E-state index contributed by atoms with van der Waals surface area (Å²) in [5.41, 5.74) is 3.50. The van der Waals surface area contributed by atoms with Crippen molar-refractivity contribution in [3.05, 3.63) is 118 Å². The first-order valence-electron chi connectivity index (χ1n) is 13.3. The molecule has 0 spiro atoms. The molecule has 0 radical (unpaired) electrons. The van der Waals surface area contributed by atoms with Crippen LogP contribution in [0.2, 0.25) is 5.02 Å². The van der Waals surface area contributed by atoms with Gasteiger partial charge in [-0.05, 0) is 90.0 Å². The van der Waals surface area contributed by atoms with Gasteiger partial charge in [-0.1, -0.05) is 54.1 Å². The molecule has 1 saturated heterocycles. The van der Waals surface area contributed by atoms with Crippen LogP contribution in [0.15, 0.2) is 101 Å². The van der Waals surface area contributed by atoms with Crippen LogP contribution >= 0.6 is 23.4 Å².